The minimum absolute atomic E-state index is 0.254. The summed E-state index contributed by atoms with van der Waals surface area (Å²) < 4.78 is 0. The maximum atomic E-state index is 12.1. The highest BCUT2D eigenvalue weighted by Crippen LogP contribution is 2.29. The molecule has 5 nitrogen and oxygen atoms in total. The Hall–Kier alpha value is -2.43. The number of pyridine rings is 1. The second-order valence-corrected chi connectivity index (χ2v) is 4.13. The van der Waals surface area contributed by atoms with Gasteiger partial charge >= 0.3 is 0 Å². The van der Waals surface area contributed by atoms with E-state index in [9.17, 15) is 9.59 Å². The first-order valence-electron chi connectivity index (χ1n) is 5.72. The summed E-state index contributed by atoms with van der Waals surface area (Å²) in [6.07, 6.45) is 8.28. The van der Waals surface area contributed by atoms with Gasteiger partial charge in [0.2, 0.25) is 0 Å². The van der Waals surface area contributed by atoms with Crippen LogP contribution < -0.4 is 5.43 Å². The van der Waals surface area contributed by atoms with Gasteiger partial charge in [0.25, 0.3) is 11.8 Å². The van der Waals surface area contributed by atoms with Crippen LogP contribution in [0, 0.1) is 0 Å². The van der Waals surface area contributed by atoms with Crippen molar-refractivity contribution < 1.29 is 9.59 Å². The highest BCUT2D eigenvalue weighted by atomic mass is 16.2. The molecule has 0 aromatic carbocycles. The maximum absolute atomic E-state index is 12.1. The minimum Gasteiger partial charge on any atom is -0.288 e. The smallest absolute Gasteiger partial charge is 0.280 e. The molecular formula is C13H11N3O2. The summed E-state index contributed by atoms with van der Waals surface area (Å²) in [6, 6.07) is 3.40. The third kappa shape index (κ3) is 1.60. The predicted molar refractivity (Wildman–Crippen MR) is 65.1 cm³/mol. The Balaban J connectivity index is 1.86. The average molecular weight is 241 g/mol. The van der Waals surface area contributed by atoms with Crippen molar-refractivity contribution in [1.29, 1.82) is 0 Å². The third-order valence-corrected chi connectivity index (χ3v) is 2.99. The Labute approximate surface area is 104 Å². The Morgan fingerprint density at radius 3 is 2.67 bits per heavy atom. The van der Waals surface area contributed by atoms with Crippen LogP contribution in [0.5, 0.6) is 0 Å². The first kappa shape index (κ1) is 10.7. The maximum Gasteiger partial charge on any atom is 0.280 e. The monoisotopic (exact) mass is 241 g/mol. The topological polar surface area (TPSA) is 62.3 Å². The number of nitrogens with one attached hydrogen (secondary N) is 1. The second-order valence-electron chi connectivity index (χ2n) is 4.13. The Kier molecular flexibility index (Phi) is 2.44. The SMILES string of the molecule is O=C1C2=C(CCC=C2)C(=O)N1Nc1ccncc1. The number of aromatic nitrogens is 1. The summed E-state index contributed by atoms with van der Waals surface area (Å²) in [7, 11) is 0. The van der Waals surface area contributed by atoms with Crippen LogP contribution in [0.4, 0.5) is 5.69 Å². The largest absolute Gasteiger partial charge is 0.288 e. The molecule has 2 aliphatic rings. The molecule has 0 radical (unpaired) electrons. The fourth-order valence-electron chi connectivity index (χ4n) is 2.09. The third-order valence-electron chi connectivity index (χ3n) is 2.99. The molecule has 0 fully saturated rings. The number of hydrazine groups is 1. The van der Waals surface area contributed by atoms with E-state index >= 15 is 0 Å². The van der Waals surface area contributed by atoms with Gasteiger partial charge in [0.1, 0.15) is 0 Å². The minimum atomic E-state index is -0.289. The molecule has 2 amide bonds. The van der Waals surface area contributed by atoms with Gasteiger partial charge in [-0.1, -0.05) is 12.2 Å². The summed E-state index contributed by atoms with van der Waals surface area (Å²) in [5.74, 6) is -0.543. The molecule has 3 rings (SSSR count). The van der Waals surface area contributed by atoms with E-state index in [1.54, 1.807) is 30.6 Å². The van der Waals surface area contributed by atoms with Crippen LogP contribution in [-0.2, 0) is 9.59 Å². The van der Waals surface area contributed by atoms with Gasteiger partial charge in [0, 0.05) is 18.0 Å². The van der Waals surface area contributed by atoms with Gasteiger partial charge < -0.3 is 0 Å². The number of anilines is 1. The average Bonchev–Trinajstić information content (AvgIpc) is 2.66. The molecule has 5 heteroatoms. The van der Waals surface area contributed by atoms with Crippen LogP contribution >= 0.6 is 0 Å². The lowest BCUT2D eigenvalue weighted by Gasteiger charge is -2.16. The molecule has 0 bridgehead atoms. The van der Waals surface area contributed by atoms with E-state index in [4.69, 9.17) is 0 Å². The molecule has 1 aromatic heterocycles. The molecule has 90 valence electrons. The van der Waals surface area contributed by atoms with Crippen LogP contribution in [0.3, 0.4) is 0 Å². The van der Waals surface area contributed by atoms with Crippen molar-refractivity contribution >= 4 is 17.5 Å². The lowest BCUT2D eigenvalue weighted by atomic mass is 10.00. The van der Waals surface area contributed by atoms with Gasteiger partial charge in [0.05, 0.1) is 11.3 Å². The molecule has 2 heterocycles. The van der Waals surface area contributed by atoms with E-state index in [-0.39, 0.29) is 11.8 Å². The van der Waals surface area contributed by atoms with Crippen LogP contribution in [-0.4, -0.2) is 21.8 Å². The van der Waals surface area contributed by atoms with Crippen molar-refractivity contribution in [2.75, 3.05) is 5.43 Å². The molecular weight excluding hydrogens is 230 g/mol. The van der Waals surface area contributed by atoms with Crippen molar-refractivity contribution in [3.05, 3.63) is 47.8 Å². The first-order chi connectivity index (χ1) is 8.77. The van der Waals surface area contributed by atoms with Crippen LogP contribution in [0.2, 0.25) is 0 Å². The van der Waals surface area contributed by atoms with Crippen molar-refractivity contribution in [3.63, 3.8) is 0 Å². The van der Waals surface area contributed by atoms with Crippen LogP contribution in [0.1, 0.15) is 12.8 Å². The standard InChI is InChI=1S/C13H11N3O2/c17-12-10-3-1-2-4-11(10)13(18)16(12)15-9-5-7-14-8-6-9/h1,3,5-8H,2,4H2,(H,14,15). The molecule has 0 spiro atoms. The van der Waals surface area contributed by atoms with E-state index in [2.05, 4.69) is 10.4 Å². The lowest BCUT2D eigenvalue weighted by Crippen LogP contribution is -2.36. The van der Waals surface area contributed by atoms with Gasteiger partial charge in [-0.2, -0.15) is 5.01 Å². The van der Waals surface area contributed by atoms with E-state index in [0.717, 1.165) is 11.4 Å². The predicted octanol–water partition coefficient (Wildman–Crippen LogP) is 1.42. The number of amides is 2. The first-order valence-corrected chi connectivity index (χ1v) is 5.72. The second kappa shape index (κ2) is 4.10. The molecule has 1 aliphatic heterocycles. The molecule has 0 saturated heterocycles. The van der Waals surface area contributed by atoms with Crippen LogP contribution in [0.25, 0.3) is 0 Å². The van der Waals surface area contributed by atoms with Crippen LogP contribution in [0.15, 0.2) is 47.8 Å². The van der Waals surface area contributed by atoms with E-state index < -0.39 is 0 Å². The lowest BCUT2D eigenvalue weighted by molar-refractivity contribution is -0.135. The normalized spacial score (nSPS) is 18.3. The van der Waals surface area contributed by atoms with Crippen molar-refractivity contribution in [2.45, 2.75) is 12.8 Å². The number of hydrogen-bond acceptors (Lipinski definition) is 4. The summed E-state index contributed by atoms with van der Waals surface area (Å²) in [6.45, 7) is 0. The summed E-state index contributed by atoms with van der Waals surface area (Å²) >= 11 is 0. The summed E-state index contributed by atoms with van der Waals surface area (Å²) in [4.78, 5) is 28.0. The number of nitrogens with zero attached hydrogens (tertiary/aromatic N) is 2. The van der Waals surface area contributed by atoms with Crippen molar-refractivity contribution in [3.8, 4) is 0 Å². The molecule has 1 aliphatic carbocycles. The van der Waals surface area contributed by atoms with Gasteiger partial charge in [0.15, 0.2) is 0 Å². The quantitative estimate of drug-likeness (QED) is 0.795. The number of carbonyl (C=O) groups is 2. The molecule has 1 aromatic rings. The molecule has 0 saturated carbocycles. The summed E-state index contributed by atoms with van der Waals surface area (Å²) in [5.41, 5.74) is 4.59. The summed E-state index contributed by atoms with van der Waals surface area (Å²) in [5, 5.41) is 1.07. The van der Waals surface area contributed by atoms with Gasteiger partial charge in [-0.3, -0.25) is 20.0 Å². The highest BCUT2D eigenvalue weighted by Gasteiger charge is 2.37. The Morgan fingerprint density at radius 1 is 1.17 bits per heavy atom. The number of imide groups is 1. The number of allylic oxidation sites excluding steroid dienone is 1. The molecule has 1 N–H and O–H groups in total. The van der Waals surface area contributed by atoms with Crippen molar-refractivity contribution in [1.82, 2.24) is 9.99 Å². The van der Waals surface area contributed by atoms with Gasteiger partial charge in [-0.15, -0.1) is 0 Å². The molecule has 0 atom stereocenters. The van der Waals surface area contributed by atoms with E-state index in [0.29, 0.717) is 23.3 Å². The fourth-order valence-corrected chi connectivity index (χ4v) is 2.09. The molecule has 0 unspecified atom stereocenters. The van der Waals surface area contributed by atoms with E-state index in [1.165, 1.54) is 0 Å². The van der Waals surface area contributed by atoms with Gasteiger partial charge in [-0.05, 0) is 25.0 Å². The molecule has 18 heavy (non-hydrogen) atoms. The Bertz CT molecular complexity index is 575. The Morgan fingerprint density at radius 2 is 1.94 bits per heavy atom. The zero-order chi connectivity index (χ0) is 12.5. The number of carbonyl (C=O) groups excluding carboxylic acids is 2. The number of rotatable bonds is 2. The number of hydrogen-bond donors (Lipinski definition) is 1. The zero-order valence-electron chi connectivity index (χ0n) is 9.59. The van der Waals surface area contributed by atoms with Gasteiger partial charge in [-0.25, -0.2) is 0 Å². The zero-order valence-corrected chi connectivity index (χ0v) is 9.59. The highest BCUT2D eigenvalue weighted by molar-refractivity contribution is 6.21. The van der Waals surface area contributed by atoms with Crippen molar-refractivity contribution in [2.24, 2.45) is 0 Å². The fraction of sp³-hybridized carbons (Fsp3) is 0.154. The van der Waals surface area contributed by atoms with E-state index in [1.807, 2.05) is 6.08 Å².